The number of aromatic carboxylic acids is 1. The van der Waals surface area contributed by atoms with Gasteiger partial charge in [-0.3, -0.25) is 0 Å². The summed E-state index contributed by atoms with van der Waals surface area (Å²) in [6.07, 6.45) is 5.67. The van der Waals surface area contributed by atoms with Crippen molar-refractivity contribution in [2.45, 2.75) is 38.0 Å². The maximum atomic E-state index is 11.4. The third kappa shape index (κ3) is 2.48. The van der Waals surface area contributed by atoms with Crippen LogP contribution >= 0.6 is 0 Å². The third-order valence-corrected chi connectivity index (χ3v) is 4.96. The van der Waals surface area contributed by atoms with Gasteiger partial charge in [0, 0.05) is 24.7 Å². The monoisotopic (exact) mass is 312 g/mol. The Kier molecular flexibility index (Phi) is 3.52. The van der Waals surface area contributed by atoms with Gasteiger partial charge in [-0.05, 0) is 49.9 Å². The minimum atomic E-state index is -0.994. The quantitative estimate of drug-likeness (QED) is 0.940. The van der Waals surface area contributed by atoms with Crippen LogP contribution in [0.5, 0.6) is 0 Å². The van der Waals surface area contributed by atoms with E-state index in [2.05, 4.69) is 27.3 Å². The first-order valence-corrected chi connectivity index (χ1v) is 8.28. The summed E-state index contributed by atoms with van der Waals surface area (Å²) in [5, 5.41) is 17.4. The molecule has 1 aromatic carbocycles. The van der Waals surface area contributed by atoms with Crippen molar-refractivity contribution in [2.24, 2.45) is 0 Å². The smallest absolute Gasteiger partial charge is 0.358 e. The van der Waals surface area contributed by atoms with Crippen molar-refractivity contribution in [3.05, 3.63) is 35.7 Å². The zero-order valence-corrected chi connectivity index (χ0v) is 13.0. The fourth-order valence-electron chi connectivity index (χ4n) is 3.46. The van der Waals surface area contributed by atoms with Gasteiger partial charge >= 0.3 is 5.97 Å². The molecule has 2 aliphatic rings. The average molecular weight is 312 g/mol. The molecule has 120 valence electrons. The molecular weight excluding hydrogens is 292 g/mol. The van der Waals surface area contributed by atoms with Crippen LogP contribution in [0.3, 0.4) is 0 Å². The number of carboxylic acid groups (broad SMARTS) is 1. The third-order valence-electron chi connectivity index (χ3n) is 4.96. The molecule has 0 radical (unpaired) electrons. The van der Waals surface area contributed by atoms with E-state index >= 15 is 0 Å². The standard InChI is InChI=1S/C17H20N4O2/c22-17(23)15-16(12-4-3-5-12)21(19-18-15)14-8-6-13(7-9-14)20-10-1-2-11-20/h6-9,12H,1-5,10-11H2,(H,22,23). The number of rotatable bonds is 4. The molecule has 1 aliphatic carbocycles. The number of anilines is 1. The number of nitrogens with zero attached hydrogens (tertiary/aromatic N) is 4. The van der Waals surface area contributed by atoms with E-state index in [1.165, 1.54) is 18.5 Å². The lowest BCUT2D eigenvalue weighted by Gasteiger charge is -2.26. The normalized spacial score (nSPS) is 18.2. The molecule has 0 unspecified atom stereocenters. The highest BCUT2D eigenvalue weighted by Crippen LogP contribution is 2.38. The number of aromatic nitrogens is 3. The van der Waals surface area contributed by atoms with Crippen molar-refractivity contribution in [3.63, 3.8) is 0 Å². The highest BCUT2D eigenvalue weighted by Gasteiger charge is 2.31. The van der Waals surface area contributed by atoms with Crippen molar-refractivity contribution in [1.82, 2.24) is 15.0 Å². The summed E-state index contributed by atoms with van der Waals surface area (Å²) in [6.45, 7) is 2.22. The number of carboxylic acids is 1. The second-order valence-corrected chi connectivity index (χ2v) is 6.38. The molecule has 6 heteroatoms. The molecule has 1 N–H and O–H groups in total. The lowest BCUT2D eigenvalue weighted by atomic mass is 9.82. The summed E-state index contributed by atoms with van der Waals surface area (Å²) in [7, 11) is 0. The summed E-state index contributed by atoms with van der Waals surface area (Å²) in [6, 6.07) is 8.20. The van der Waals surface area contributed by atoms with Crippen LogP contribution in [0.2, 0.25) is 0 Å². The summed E-state index contributed by atoms with van der Waals surface area (Å²) in [4.78, 5) is 13.8. The van der Waals surface area contributed by atoms with E-state index in [1.54, 1.807) is 4.68 Å². The van der Waals surface area contributed by atoms with Gasteiger partial charge in [-0.15, -0.1) is 5.10 Å². The second-order valence-electron chi connectivity index (χ2n) is 6.38. The van der Waals surface area contributed by atoms with Gasteiger partial charge in [0.05, 0.1) is 11.4 Å². The van der Waals surface area contributed by atoms with E-state index in [-0.39, 0.29) is 11.6 Å². The van der Waals surface area contributed by atoms with Crippen LogP contribution in [0.25, 0.3) is 5.69 Å². The van der Waals surface area contributed by atoms with Crippen molar-refractivity contribution >= 4 is 11.7 Å². The SMILES string of the molecule is O=C(O)c1nnn(-c2ccc(N3CCCC3)cc2)c1C1CCC1. The van der Waals surface area contributed by atoms with Gasteiger partial charge in [0.2, 0.25) is 0 Å². The van der Waals surface area contributed by atoms with E-state index in [9.17, 15) is 9.90 Å². The zero-order valence-electron chi connectivity index (χ0n) is 13.0. The van der Waals surface area contributed by atoms with Crippen LogP contribution in [0.15, 0.2) is 24.3 Å². The molecule has 0 spiro atoms. The highest BCUT2D eigenvalue weighted by atomic mass is 16.4. The Morgan fingerprint density at radius 1 is 1.04 bits per heavy atom. The van der Waals surface area contributed by atoms with Gasteiger partial charge in [0.1, 0.15) is 0 Å². The van der Waals surface area contributed by atoms with Crippen LogP contribution < -0.4 is 4.90 Å². The van der Waals surface area contributed by atoms with Crippen LogP contribution in [0, 0.1) is 0 Å². The molecule has 2 heterocycles. The Morgan fingerprint density at radius 3 is 2.26 bits per heavy atom. The average Bonchev–Trinajstić information content (AvgIpc) is 3.15. The highest BCUT2D eigenvalue weighted by molar-refractivity contribution is 5.87. The first-order chi connectivity index (χ1) is 11.2. The van der Waals surface area contributed by atoms with Gasteiger partial charge in [-0.2, -0.15) is 0 Å². The van der Waals surface area contributed by atoms with E-state index in [0.29, 0.717) is 0 Å². The summed E-state index contributed by atoms with van der Waals surface area (Å²) in [5.41, 5.74) is 2.95. The molecule has 0 amide bonds. The van der Waals surface area contributed by atoms with Gasteiger partial charge in [0.25, 0.3) is 0 Å². The van der Waals surface area contributed by atoms with E-state index in [4.69, 9.17) is 0 Å². The maximum Gasteiger partial charge on any atom is 0.358 e. The predicted molar refractivity (Wildman–Crippen MR) is 86.4 cm³/mol. The molecule has 6 nitrogen and oxygen atoms in total. The Morgan fingerprint density at radius 2 is 1.70 bits per heavy atom. The van der Waals surface area contributed by atoms with Crippen LogP contribution in [0.1, 0.15) is 54.2 Å². The molecule has 0 bridgehead atoms. The molecule has 2 aromatic rings. The van der Waals surface area contributed by atoms with Crippen LogP contribution in [-0.4, -0.2) is 39.2 Å². The first-order valence-electron chi connectivity index (χ1n) is 8.28. The Bertz CT molecular complexity index is 713. The van der Waals surface area contributed by atoms with Gasteiger partial charge < -0.3 is 10.0 Å². The lowest BCUT2D eigenvalue weighted by molar-refractivity contribution is 0.0687. The first kappa shape index (κ1) is 14.2. The summed E-state index contributed by atoms with van der Waals surface area (Å²) < 4.78 is 1.71. The molecule has 1 aromatic heterocycles. The maximum absolute atomic E-state index is 11.4. The molecule has 1 aliphatic heterocycles. The Labute approximate surface area is 134 Å². The summed E-state index contributed by atoms with van der Waals surface area (Å²) in [5.74, 6) is -0.735. The van der Waals surface area contributed by atoms with E-state index in [1.807, 2.05) is 12.1 Å². The van der Waals surface area contributed by atoms with E-state index < -0.39 is 5.97 Å². The molecule has 1 saturated carbocycles. The van der Waals surface area contributed by atoms with Crippen LogP contribution in [-0.2, 0) is 0 Å². The zero-order chi connectivity index (χ0) is 15.8. The van der Waals surface area contributed by atoms with E-state index in [0.717, 1.165) is 43.7 Å². The van der Waals surface area contributed by atoms with Crippen molar-refractivity contribution < 1.29 is 9.90 Å². The molecule has 2 fully saturated rings. The number of hydrogen-bond donors (Lipinski definition) is 1. The minimum absolute atomic E-state index is 0.0957. The van der Waals surface area contributed by atoms with Gasteiger partial charge in [-0.25, -0.2) is 9.48 Å². The van der Waals surface area contributed by atoms with Crippen molar-refractivity contribution in [2.75, 3.05) is 18.0 Å². The number of hydrogen-bond acceptors (Lipinski definition) is 4. The predicted octanol–water partition coefficient (Wildman–Crippen LogP) is 2.83. The summed E-state index contributed by atoms with van der Waals surface area (Å²) >= 11 is 0. The van der Waals surface area contributed by atoms with Gasteiger partial charge in [-0.1, -0.05) is 11.6 Å². The van der Waals surface area contributed by atoms with Gasteiger partial charge in [0.15, 0.2) is 5.69 Å². The number of carbonyl (C=O) groups is 1. The topological polar surface area (TPSA) is 71.2 Å². The second kappa shape index (κ2) is 5.68. The minimum Gasteiger partial charge on any atom is -0.476 e. The molecule has 4 rings (SSSR count). The molecular formula is C17H20N4O2. The fourth-order valence-corrected chi connectivity index (χ4v) is 3.46. The molecule has 1 saturated heterocycles. The van der Waals surface area contributed by atoms with Crippen molar-refractivity contribution in [1.29, 1.82) is 0 Å². The molecule has 23 heavy (non-hydrogen) atoms. The Balaban J connectivity index is 1.68. The largest absolute Gasteiger partial charge is 0.476 e. The molecule has 0 atom stereocenters. The lowest BCUT2D eigenvalue weighted by Crippen LogP contribution is -2.18. The van der Waals surface area contributed by atoms with Crippen molar-refractivity contribution in [3.8, 4) is 5.69 Å². The Hall–Kier alpha value is -2.37. The fraction of sp³-hybridized carbons (Fsp3) is 0.471. The number of benzene rings is 1. The van der Waals surface area contributed by atoms with Crippen LogP contribution in [0.4, 0.5) is 5.69 Å².